The molecule has 3 heterocycles. The molecular formula is C18H26N6O2. The van der Waals surface area contributed by atoms with Crippen molar-refractivity contribution in [2.75, 3.05) is 51.4 Å². The van der Waals surface area contributed by atoms with Gasteiger partial charge in [-0.05, 0) is 32.4 Å². The van der Waals surface area contributed by atoms with Crippen molar-refractivity contribution in [1.82, 2.24) is 20.1 Å². The Morgan fingerprint density at radius 2 is 2.04 bits per heavy atom. The Bertz CT molecular complexity index is 734. The molecule has 3 rings (SSSR count). The second-order valence-corrected chi connectivity index (χ2v) is 6.24. The van der Waals surface area contributed by atoms with Crippen LogP contribution in [0.3, 0.4) is 0 Å². The topological polar surface area (TPSA) is 98.4 Å². The molecule has 0 aromatic carbocycles. The van der Waals surface area contributed by atoms with Gasteiger partial charge < -0.3 is 25.4 Å². The maximum absolute atomic E-state index is 6.01. The number of rotatable bonds is 8. The summed E-state index contributed by atoms with van der Waals surface area (Å²) in [5, 5.41) is 10.9. The van der Waals surface area contributed by atoms with E-state index in [1.165, 1.54) is 25.9 Å². The second kappa shape index (κ2) is 8.66. The van der Waals surface area contributed by atoms with Crippen LogP contribution < -0.4 is 20.5 Å². The zero-order valence-electron chi connectivity index (χ0n) is 15.4. The SMILES string of the molecule is CNc1cnnc(N)c1-c1cc(OCCCN2CCCC2)c(OC)cn1. The summed E-state index contributed by atoms with van der Waals surface area (Å²) in [6.07, 6.45) is 6.84. The third kappa shape index (κ3) is 4.13. The number of pyridine rings is 1. The van der Waals surface area contributed by atoms with Crippen molar-refractivity contribution in [2.45, 2.75) is 19.3 Å². The molecule has 0 atom stereocenters. The molecule has 26 heavy (non-hydrogen) atoms. The van der Waals surface area contributed by atoms with Crippen molar-refractivity contribution < 1.29 is 9.47 Å². The second-order valence-electron chi connectivity index (χ2n) is 6.24. The molecule has 0 aliphatic carbocycles. The number of methoxy groups -OCH3 is 1. The van der Waals surface area contributed by atoms with Crippen LogP contribution in [-0.4, -0.2) is 60.5 Å². The number of aromatic nitrogens is 3. The van der Waals surface area contributed by atoms with Crippen molar-refractivity contribution in [2.24, 2.45) is 0 Å². The Hall–Kier alpha value is -2.61. The van der Waals surface area contributed by atoms with Gasteiger partial charge in [0.15, 0.2) is 17.3 Å². The van der Waals surface area contributed by atoms with Crippen molar-refractivity contribution in [3.63, 3.8) is 0 Å². The molecule has 0 unspecified atom stereocenters. The number of hydrogen-bond acceptors (Lipinski definition) is 8. The predicted molar refractivity (Wildman–Crippen MR) is 102 cm³/mol. The molecular weight excluding hydrogens is 332 g/mol. The number of hydrogen-bond donors (Lipinski definition) is 2. The molecule has 0 saturated carbocycles. The Labute approximate surface area is 153 Å². The number of likely N-dealkylation sites (tertiary alicyclic amines) is 1. The summed E-state index contributed by atoms with van der Waals surface area (Å²) in [5.41, 5.74) is 8.13. The van der Waals surface area contributed by atoms with Gasteiger partial charge in [0.2, 0.25) is 0 Å². The highest BCUT2D eigenvalue weighted by atomic mass is 16.5. The fourth-order valence-corrected chi connectivity index (χ4v) is 3.16. The number of nitrogens with two attached hydrogens (primary N) is 1. The van der Waals surface area contributed by atoms with Gasteiger partial charge in [0.25, 0.3) is 0 Å². The number of nitrogens with one attached hydrogen (secondary N) is 1. The zero-order chi connectivity index (χ0) is 18.4. The van der Waals surface area contributed by atoms with Crippen LogP contribution >= 0.6 is 0 Å². The van der Waals surface area contributed by atoms with Gasteiger partial charge in [-0.3, -0.25) is 4.98 Å². The third-order valence-corrected chi connectivity index (χ3v) is 4.53. The van der Waals surface area contributed by atoms with Crippen LogP contribution in [0.5, 0.6) is 11.5 Å². The molecule has 140 valence electrons. The van der Waals surface area contributed by atoms with Crippen LogP contribution in [0.2, 0.25) is 0 Å². The van der Waals surface area contributed by atoms with Crippen LogP contribution in [0.1, 0.15) is 19.3 Å². The first-order valence-electron chi connectivity index (χ1n) is 8.91. The van der Waals surface area contributed by atoms with Crippen molar-refractivity contribution >= 4 is 11.5 Å². The van der Waals surface area contributed by atoms with Crippen LogP contribution in [0.4, 0.5) is 11.5 Å². The molecule has 2 aromatic heterocycles. The lowest BCUT2D eigenvalue weighted by molar-refractivity contribution is 0.254. The van der Waals surface area contributed by atoms with Gasteiger partial charge in [0.05, 0.1) is 43.1 Å². The van der Waals surface area contributed by atoms with Crippen molar-refractivity contribution in [3.8, 4) is 22.8 Å². The minimum atomic E-state index is 0.314. The van der Waals surface area contributed by atoms with E-state index >= 15 is 0 Å². The quantitative estimate of drug-likeness (QED) is 0.692. The highest BCUT2D eigenvalue weighted by Gasteiger charge is 2.16. The summed E-state index contributed by atoms with van der Waals surface area (Å²) in [7, 11) is 3.41. The van der Waals surface area contributed by atoms with Crippen LogP contribution in [0.25, 0.3) is 11.3 Å². The average molecular weight is 358 g/mol. The van der Waals surface area contributed by atoms with E-state index in [9.17, 15) is 0 Å². The maximum atomic E-state index is 6.01. The summed E-state index contributed by atoms with van der Waals surface area (Å²) < 4.78 is 11.4. The van der Waals surface area contributed by atoms with Gasteiger partial charge in [-0.1, -0.05) is 0 Å². The minimum absolute atomic E-state index is 0.314. The molecule has 2 aromatic rings. The Kier molecular flexibility index (Phi) is 6.06. The van der Waals surface area contributed by atoms with E-state index in [1.54, 1.807) is 26.6 Å². The molecule has 0 radical (unpaired) electrons. The van der Waals surface area contributed by atoms with E-state index in [-0.39, 0.29) is 0 Å². The molecule has 1 aliphatic rings. The lowest BCUT2D eigenvalue weighted by Crippen LogP contribution is -2.21. The normalized spacial score (nSPS) is 14.4. The van der Waals surface area contributed by atoms with E-state index in [2.05, 4.69) is 25.4 Å². The number of nitrogen functional groups attached to an aromatic ring is 1. The van der Waals surface area contributed by atoms with E-state index in [0.717, 1.165) is 18.7 Å². The molecule has 1 saturated heterocycles. The number of nitrogens with zero attached hydrogens (tertiary/aromatic N) is 4. The molecule has 0 bridgehead atoms. The van der Waals surface area contributed by atoms with Gasteiger partial charge in [-0.15, -0.1) is 5.10 Å². The standard InChI is InChI=1S/C18H26N6O2/c1-20-14-11-22-23-18(19)17(14)13-10-15(16(25-2)12-21-13)26-9-5-8-24-6-3-4-7-24/h10-12H,3-9H2,1-2H3,(H3,19,20,23). The highest BCUT2D eigenvalue weighted by Crippen LogP contribution is 2.35. The van der Waals surface area contributed by atoms with Gasteiger partial charge in [0, 0.05) is 19.7 Å². The Morgan fingerprint density at radius 1 is 1.23 bits per heavy atom. The van der Waals surface area contributed by atoms with Crippen molar-refractivity contribution in [3.05, 3.63) is 18.5 Å². The first-order valence-corrected chi connectivity index (χ1v) is 8.91. The summed E-state index contributed by atoms with van der Waals surface area (Å²) in [6.45, 7) is 4.08. The summed E-state index contributed by atoms with van der Waals surface area (Å²) in [4.78, 5) is 6.91. The van der Waals surface area contributed by atoms with Crippen LogP contribution in [0.15, 0.2) is 18.5 Å². The first kappa shape index (κ1) is 18.2. The van der Waals surface area contributed by atoms with E-state index in [0.29, 0.717) is 35.2 Å². The van der Waals surface area contributed by atoms with Gasteiger partial charge in [-0.25, -0.2) is 0 Å². The van der Waals surface area contributed by atoms with Crippen LogP contribution in [-0.2, 0) is 0 Å². The number of anilines is 2. The van der Waals surface area contributed by atoms with Gasteiger partial charge in [0.1, 0.15) is 0 Å². The smallest absolute Gasteiger partial charge is 0.179 e. The van der Waals surface area contributed by atoms with Gasteiger partial charge in [-0.2, -0.15) is 5.10 Å². The van der Waals surface area contributed by atoms with E-state index in [4.69, 9.17) is 15.2 Å². The molecule has 0 amide bonds. The van der Waals surface area contributed by atoms with E-state index in [1.807, 2.05) is 6.07 Å². The monoisotopic (exact) mass is 358 g/mol. The largest absolute Gasteiger partial charge is 0.491 e. The lowest BCUT2D eigenvalue weighted by atomic mass is 10.1. The first-order chi connectivity index (χ1) is 12.7. The highest BCUT2D eigenvalue weighted by molar-refractivity contribution is 5.83. The zero-order valence-corrected chi connectivity index (χ0v) is 15.4. The molecule has 1 fully saturated rings. The minimum Gasteiger partial charge on any atom is -0.491 e. The summed E-state index contributed by atoms with van der Waals surface area (Å²) in [6, 6.07) is 1.84. The molecule has 0 spiro atoms. The molecule has 1 aliphatic heterocycles. The molecule has 8 heteroatoms. The fraction of sp³-hybridized carbons (Fsp3) is 0.500. The Balaban J connectivity index is 1.74. The van der Waals surface area contributed by atoms with E-state index < -0.39 is 0 Å². The fourth-order valence-electron chi connectivity index (χ4n) is 3.16. The van der Waals surface area contributed by atoms with Crippen LogP contribution in [0, 0.1) is 0 Å². The van der Waals surface area contributed by atoms with Crippen molar-refractivity contribution in [1.29, 1.82) is 0 Å². The molecule has 8 nitrogen and oxygen atoms in total. The summed E-state index contributed by atoms with van der Waals surface area (Å²) in [5.74, 6) is 1.56. The third-order valence-electron chi connectivity index (χ3n) is 4.53. The predicted octanol–water partition coefficient (Wildman–Crippen LogP) is 2.04. The Morgan fingerprint density at radius 3 is 2.77 bits per heavy atom. The average Bonchev–Trinajstić information content (AvgIpc) is 3.18. The van der Waals surface area contributed by atoms with Gasteiger partial charge >= 0.3 is 0 Å². The maximum Gasteiger partial charge on any atom is 0.179 e. The molecule has 3 N–H and O–H groups in total. The lowest BCUT2D eigenvalue weighted by Gasteiger charge is -2.16. The summed E-state index contributed by atoms with van der Waals surface area (Å²) >= 11 is 0. The number of ether oxygens (including phenoxy) is 2.